The molecule has 1 aromatic carbocycles. The van der Waals surface area contributed by atoms with Crippen molar-refractivity contribution in [2.45, 2.75) is 73.4 Å². The number of hydrogen-bond acceptors (Lipinski definition) is 1. The summed E-state index contributed by atoms with van der Waals surface area (Å²) < 4.78 is 7.61. The van der Waals surface area contributed by atoms with E-state index in [1.807, 2.05) is 22.1 Å². The summed E-state index contributed by atoms with van der Waals surface area (Å²) >= 11 is 0.350. The minimum absolute atomic E-state index is 0.0450. The van der Waals surface area contributed by atoms with Gasteiger partial charge in [-0.15, -0.1) is 0 Å². The van der Waals surface area contributed by atoms with Crippen LogP contribution in [0.2, 0.25) is 13.1 Å². The average Bonchev–Trinajstić information content (AvgIpc) is 2.98. The van der Waals surface area contributed by atoms with Gasteiger partial charge < -0.3 is 4.74 Å². The first-order valence-electron chi connectivity index (χ1n) is 10.6. The first-order valence-corrected chi connectivity index (χ1v) is 16.9. The van der Waals surface area contributed by atoms with Gasteiger partial charge in [0.15, 0.2) is 0 Å². The van der Waals surface area contributed by atoms with Gasteiger partial charge in [-0.05, 0) is 34.1 Å². The van der Waals surface area contributed by atoms with Gasteiger partial charge in [0, 0.05) is 0 Å². The first kappa shape index (κ1) is 25.9. The van der Waals surface area contributed by atoms with Crippen LogP contribution >= 0.6 is 0 Å². The summed E-state index contributed by atoms with van der Waals surface area (Å²) in [6.45, 7) is 23.9. The zero-order valence-corrected chi connectivity index (χ0v) is 22.7. The molecule has 0 fully saturated rings. The van der Waals surface area contributed by atoms with Crippen molar-refractivity contribution in [3.63, 3.8) is 0 Å². The molecule has 29 heavy (non-hydrogen) atoms. The van der Waals surface area contributed by atoms with E-state index in [9.17, 15) is 0 Å². The molecule has 1 aliphatic carbocycles. The molecule has 1 aliphatic rings. The van der Waals surface area contributed by atoms with Gasteiger partial charge in [-0.2, -0.15) is 0 Å². The monoisotopic (exact) mass is 444 g/mol. The standard InChI is InChI=1S/C18H26O.C6H7.C2H7Si.Ti/c1-8-14(17(2,3)4)13-19-16-11-9-10-15(12-16)18(5,6)7;1-6-4-2-3-5-6;1-3-2;/h8-13H,1H2,2-7H3;2,4H,3H2,1H3;3H,1-2H3;. The molecule has 0 aromatic heterocycles. The van der Waals surface area contributed by atoms with Crippen molar-refractivity contribution >= 4 is 6.66 Å². The second kappa shape index (κ2) is 11.3. The molecule has 0 N–H and O–H groups in total. The second-order valence-electron chi connectivity index (χ2n) is 9.99. The fourth-order valence-electron chi connectivity index (χ4n) is 2.83. The van der Waals surface area contributed by atoms with Crippen LogP contribution in [-0.2, 0) is 23.8 Å². The zero-order chi connectivity index (χ0) is 22.2. The van der Waals surface area contributed by atoms with E-state index in [-0.39, 0.29) is 17.5 Å². The Morgan fingerprint density at radius 1 is 1.14 bits per heavy atom. The van der Waals surface area contributed by atoms with Crippen LogP contribution in [0.1, 0.15) is 60.5 Å². The van der Waals surface area contributed by atoms with Gasteiger partial charge >= 0.3 is 73.1 Å². The van der Waals surface area contributed by atoms with Gasteiger partial charge in [0.05, 0.1) is 6.26 Å². The maximum atomic E-state index is 5.79. The van der Waals surface area contributed by atoms with E-state index in [1.54, 1.807) is 11.8 Å². The average molecular weight is 445 g/mol. The Balaban J connectivity index is 0.000000352. The SMILES string of the molecule is C=CC(=COc1cccc(C(C)(C)C)c1)C(C)(C)C.CC1=[C]([Ti][SiH](C)C)CC=C1. The van der Waals surface area contributed by atoms with Crippen LogP contribution in [0, 0.1) is 5.41 Å². The summed E-state index contributed by atoms with van der Waals surface area (Å²) in [5.74, 6) is 0.871. The summed E-state index contributed by atoms with van der Waals surface area (Å²) in [7, 11) is 0. The van der Waals surface area contributed by atoms with Gasteiger partial charge in [0.2, 0.25) is 0 Å². The third kappa shape index (κ3) is 9.51. The van der Waals surface area contributed by atoms with Gasteiger partial charge in [-0.3, -0.25) is 0 Å². The van der Waals surface area contributed by atoms with Crippen LogP contribution in [0.25, 0.3) is 0 Å². The van der Waals surface area contributed by atoms with E-state index < -0.39 is 0 Å². The number of ether oxygens (including phenoxy) is 1. The first-order chi connectivity index (χ1) is 13.3. The Bertz CT molecular complexity index is 771. The molecule has 2 rings (SSSR count). The molecule has 0 aliphatic heterocycles. The molecule has 0 amide bonds. The van der Waals surface area contributed by atoms with Crippen molar-refractivity contribution in [3.8, 4) is 5.75 Å². The number of hydrogen-bond donors (Lipinski definition) is 0. The van der Waals surface area contributed by atoms with Crippen LogP contribution in [0.3, 0.4) is 0 Å². The molecule has 158 valence electrons. The molecular formula is C26H40OSiTi. The second-order valence-corrected chi connectivity index (χ2v) is 20.3. The van der Waals surface area contributed by atoms with Crippen LogP contribution in [-0.4, -0.2) is 6.66 Å². The molecule has 1 aromatic rings. The molecule has 0 spiro atoms. The van der Waals surface area contributed by atoms with E-state index in [0.717, 1.165) is 11.3 Å². The van der Waals surface area contributed by atoms with Crippen LogP contribution in [0.15, 0.2) is 70.4 Å². The van der Waals surface area contributed by atoms with Crippen LogP contribution < -0.4 is 4.74 Å². The summed E-state index contributed by atoms with van der Waals surface area (Å²) in [6.07, 6.45) is 9.54. The molecule has 0 heterocycles. The molecule has 1 nitrogen and oxygen atoms in total. The molecule has 3 heteroatoms. The van der Waals surface area contributed by atoms with Gasteiger partial charge in [0.25, 0.3) is 0 Å². The van der Waals surface area contributed by atoms with Crippen molar-refractivity contribution in [2.75, 3.05) is 0 Å². The fraction of sp³-hybridized carbons (Fsp3) is 0.462. The Morgan fingerprint density at radius 2 is 1.79 bits per heavy atom. The van der Waals surface area contributed by atoms with Gasteiger partial charge in [-0.25, -0.2) is 0 Å². The van der Waals surface area contributed by atoms with E-state index in [4.69, 9.17) is 4.74 Å². The molecule has 0 saturated carbocycles. The van der Waals surface area contributed by atoms with E-state index >= 15 is 0 Å². The van der Waals surface area contributed by atoms with E-state index in [0.29, 0.717) is 18.4 Å². The van der Waals surface area contributed by atoms with Crippen molar-refractivity contribution in [1.29, 1.82) is 0 Å². The fourth-order valence-corrected chi connectivity index (χ4v) is 9.07. The topological polar surface area (TPSA) is 9.23 Å². The third-order valence-corrected chi connectivity index (χ3v) is 10.9. The number of rotatable bonds is 5. The molecule has 0 radical (unpaired) electrons. The van der Waals surface area contributed by atoms with Crippen LogP contribution in [0.5, 0.6) is 5.75 Å². The molecular weight excluding hydrogens is 404 g/mol. The predicted octanol–water partition coefficient (Wildman–Crippen LogP) is 7.77. The Labute approximate surface area is 189 Å². The molecule has 0 unspecified atom stereocenters. The predicted molar refractivity (Wildman–Crippen MR) is 129 cm³/mol. The molecule has 0 bridgehead atoms. The van der Waals surface area contributed by atoms with Gasteiger partial charge in [-0.1, -0.05) is 66.3 Å². The maximum absolute atomic E-state index is 5.79. The zero-order valence-electron chi connectivity index (χ0n) is 20.0. The summed E-state index contributed by atoms with van der Waals surface area (Å²) in [5.41, 5.74) is 4.13. The normalized spacial score (nSPS) is 14.6. The van der Waals surface area contributed by atoms with Crippen molar-refractivity contribution in [1.82, 2.24) is 0 Å². The van der Waals surface area contributed by atoms with Gasteiger partial charge in [0.1, 0.15) is 5.75 Å². The Hall–Kier alpha value is -1.09. The summed E-state index contributed by atoms with van der Waals surface area (Å²) in [5, 5.41) is 0. The van der Waals surface area contributed by atoms with E-state index in [1.165, 1.54) is 12.0 Å². The number of allylic oxidation sites excluding steroid dienone is 6. The van der Waals surface area contributed by atoms with Crippen molar-refractivity contribution < 1.29 is 23.1 Å². The quantitative estimate of drug-likeness (QED) is 0.256. The Morgan fingerprint density at radius 3 is 2.24 bits per heavy atom. The third-order valence-electron chi connectivity index (χ3n) is 4.74. The summed E-state index contributed by atoms with van der Waals surface area (Å²) in [4.78, 5) is 0. The number of benzene rings is 1. The summed E-state index contributed by atoms with van der Waals surface area (Å²) in [6, 6.07) is 8.25. The van der Waals surface area contributed by atoms with Crippen molar-refractivity contribution in [3.05, 3.63) is 75.9 Å². The Kier molecular flexibility index (Phi) is 10.1. The van der Waals surface area contributed by atoms with Crippen molar-refractivity contribution in [2.24, 2.45) is 5.41 Å². The molecule has 0 saturated heterocycles. The van der Waals surface area contributed by atoms with Crippen LogP contribution in [0.4, 0.5) is 0 Å². The minimum atomic E-state index is -0.235. The van der Waals surface area contributed by atoms with E-state index in [2.05, 4.69) is 92.4 Å². The molecule has 0 atom stereocenters.